The third-order valence-corrected chi connectivity index (χ3v) is 3.39. The second kappa shape index (κ2) is 6.78. The summed E-state index contributed by atoms with van der Waals surface area (Å²) in [6.45, 7) is 1.70. The predicted octanol–water partition coefficient (Wildman–Crippen LogP) is 1.96. The summed E-state index contributed by atoms with van der Waals surface area (Å²) in [6.07, 6.45) is 3.08. The fraction of sp³-hybridized carbons (Fsp3) is 0.500. The van der Waals surface area contributed by atoms with E-state index in [4.69, 9.17) is 10.5 Å². The third kappa shape index (κ3) is 3.61. The van der Waals surface area contributed by atoms with Crippen molar-refractivity contribution in [1.29, 1.82) is 0 Å². The van der Waals surface area contributed by atoms with Gasteiger partial charge in [0.25, 0.3) is 0 Å². The van der Waals surface area contributed by atoms with Crippen LogP contribution >= 0.6 is 12.4 Å². The number of fused-ring (bicyclic) bond motifs is 1. The highest BCUT2D eigenvalue weighted by Gasteiger charge is 2.23. The average Bonchev–Trinajstić information content (AvgIpc) is 2.38. The molecule has 1 aromatic carbocycles. The molecular weight excluding hydrogens is 264 g/mol. The minimum absolute atomic E-state index is 0. The fourth-order valence-electron chi connectivity index (χ4n) is 2.37. The molecule has 0 aliphatic heterocycles. The standard InChI is InChI=1S/C14H20N2O2.ClH/c1-9(15)14(17)16-13-5-3-4-10-8-11(18-2)6-7-12(10)13;/h6-9,13H,3-5,15H2,1-2H3,(H,16,17);1H/t9-,13?;/m1./s1. The van der Waals surface area contributed by atoms with Crippen LogP contribution in [0.2, 0.25) is 0 Å². The Morgan fingerprint density at radius 1 is 1.53 bits per heavy atom. The van der Waals surface area contributed by atoms with Gasteiger partial charge in [-0.25, -0.2) is 0 Å². The molecule has 2 rings (SSSR count). The van der Waals surface area contributed by atoms with E-state index in [-0.39, 0.29) is 24.4 Å². The van der Waals surface area contributed by atoms with Gasteiger partial charge < -0.3 is 15.8 Å². The van der Waals surface area contributed by atoms with E-state index in [0.717, 1.165) is 25.0 Å². The molecule has 1 unspecified atom stereocenters. The number of methoxy groups -OCH3 is 1. The van der Waals surface area contributed by atoms with Crippen LogP contribution < -0.4 is 15.8 Å². The second-order valence-corrected chi connectivity index (χ2v) is 4.81. The van der Waals surface area contributed by atoms with Crippen LogP contribution in [-0.2, 0) is 11.2 Å². The summed E-state index contributed by atoms with van der Waals surface area (Å²) >= 11 is 0. The molecule has 0 aromatic heterocycles. The van der Waals surface area contributed by atoms with Crippen molar-refractivity contribution in [3.63, 3.8) is 0 Å². The molecule has 0 spiro atoms. The molecule has 106 valence electrons. The minimum atomic E-state index is -0.464. The Morgan fingerprint density at radius 3 is 2.89 bits per heavy atom. The van der Waals surface area contributed by atoms with Crippen molar-refractivity contribution < 1.29 is 9.53 Å². The van der Waals surface area contributed by atoms with Crippen LogP contribution in [-0.4, -0.2) is 19.1 Å². The van der Waals surface area contributed by atoms with Crippen LogP contribution in [0.5, 0.6) is 5.75 Å². The summed E-state index contributed by atoms with van der Waals surface area (Å²) in [5.74, 6) is 0.775. The first-order valence-corrected chi connectivity index (χ1v) is 6.34. The smallest absolute Gasteiger partial charge is 0.237 e. The van der Waals surface area contributed by atoms with Crippen molar-refractivity contribution in [3.8, 4) is 5.75 Å². The third-order valence-electron chi connectivity index (χ3n) is 3.39. The number of aryl methyl sites for hydroxylation is 1. The Morgan fingerprint density at radius 2 is 2.26 bits per heavy atom. The number of halogens is 1. The number of carbonyl (C=O) groups is 1. The van der Waals surface area contributed by atoms with Gasteiger partial charge in [0.1, 0.15) is 5.75 Å². The number of hydrogen-bond acceptors (Lipinski definition) is 3. The maximum absolute atomic E-state index is 11.7. The number of benzene rings is 1. The van der Waals surface area contributed by atoms with E-state index in [0.29, 0.717) is 0 Å². The number of nitrogens with two attached hydrogens (primary N) is 1. The van der Waals surface area contributed by atoms with E-state index >= 15 is 0 Å². The minimum Gasteiger partial charge on any atom is -0.497 e. The molecule has 1 amide bonds. The first kappa shape index (κ1) is 15.8. The highest BCUT2D eigenvalue weighted by atomic mass is 35.5. The van der Waals surface area contributed by atoms with Crippen molar-refractivity contribution in [2.45, 2.75) is 38.3 Å². The lowest BCUT2D eigenvalue weighted by Gasteiger charge is -2.27. The summed E-state index contributed by atoms with van der Waals surface area (Å²) in [5.41, 5.74) is 8.04. The van der Waals surface area contributed by atoms with Crippen molar-refractivity contribution >= 4 is 18.3 Å². The summed E-state index contributed by atoms with van der Waals surface area (Å²) < 4.78 is 5.23. The van der Waals surface area contributed by atoms with Crippen molar-refractivity contribution in [2.24, 2.45) is 5.73 Å². The van der Waals surface area contributed by atoms with Crippen LogP contribution in [0.1, 0.15) is 36.9 Å². The number of nitrogens with one attached hydrogen (secondary N) is 1. The van der Waals surface area contributed by atoms with Gasteiger partial charge in [0, 0.05) is 0 Å². The molecule has 0 heterocycles. The molecule has 5 heteroatoms. The van der Waals surface area contributed by atoms with Crippen LogP contribution in [0.15, 0.2) is 18.2 Å². The molecule has 1 aliphatic rings. The first-order valence-electron chi connectivity index (χ1n) is 6.34. The van der Waals surface area contributed by atoms with Gasteiger partial charge in [-0.3, -0.25) is 4.79 Å². The Hall–Kier alpha value is -1.26. The van der Waals surface area contributed by atoms with Crippen LogP contribution in [0.4, 0.5) is 0 Å². The lowest BCUT2D eigenvalue weighted by Crippen LogP contribution is -2.41. The van der Waals surface area contributed by atoms with Gasteiger partial charge in [0.2, 0.25) is 5.91 Å². The molecule has 2 atom stereocenters. The number of carbonyl (C=O) groups excluding carboxylic acids is 1. The normalized spacial score (nSPS) is 18.8. The molecule has 1 aromatic rings. The molecular formula is C14H21ClN2O2. The zero-order chi connectivity index (χ0) is 13.1. The molecule has 0 fully saturated rings. The van der Waals surface area contributed by atoms with E-state index in [1.165, 1.54) is 11.1 Å². The summed E-state index contributed by atoms with van der Waals surface area (Å²) in [5, 5.41) is 3.01. The van der Waals surface area contributed by atoms with Crippen LogP contribution in [0.3, 0.4) is 0 Å². The average molecular weight is 285 g/mol. The lowest BCUT2D eigenvalue weighted by molar-refractivity contribution is -0.122. The summed E-state index contributed by atoms with van der Waals surface area (Å²) in [7, 11) is 1.67. The van der Waals surface area contributed by atoms with Crippen LogP contribution in [0, 0.1) is 0 Å². The number of ether oxygens (including phenoxy) is 1. The Balaban J connectivity index is 0.00000180. The zero-order valence-corrected chi connectivity index (χ0v) is 12.1. The van der Waals surface area contributed by atoms with Crippen molar-refractivity contribution in [1.82, 2.24) is 5.32 Å². The van der Waals surface area contributed by atoms with E-state index in [2.05, 4.69) is 11.4 Å². The van der Waals surface area contributed by atoms with Crippen LogP contribution in [0.25, 0.3) is 0 Å². The highest BCUT2D eigenvalue weighted by molar-refractivity contribution is 5.85. The largest absolute Gasteiger partial charge is 0.497 e. The lowest BCUT2D eigenvalue weighted by atomic mass is 9.87. The van der Waals surface area contributed by atoms with Gasteiger partial charge in [-0.2, -0.15) is 0 Å². The number of rotatable bonds is 3. The first-order chi connectivity index (χ1) is 8.61. The topological polar surface area (TPSA) is 64.3 Å². The molecule has 0 bridgehead atoms. The Labute approximate surface area is 120 Å². The SMILES string of the molecule is COc1ccc2c(c1)CCCC2NC(=O)[C@@H](C)N.Cl. The van der Waals surface area contributed by atoms with Gasteiger partial charge in [-0.1, -0.05) is 6.07 Å². The van der Waals surface area contributed by atoms with Gasteiger partial charge in [0.15, 0.2) is 0 Å². The van der Waals surface area contributed by atoms with Gasteiger partial charge in [0.05, 0.1) is 19.2 Å². The molecule has 3 N–H and O–H groups in total. The van der Waals surface area contributed by atoms with Crippen molar-refractivity contribution in [3.05, 3.63) is 29.3 Å². The quantitative estimate of drug-likeness (QED) is 0.892. The summed E-state index contributed by atoms with van der Waals surface area (Å²) in [4.78, 5) is 11.7. The highest BCUT2D eigenvalue weighted by Crippen LogP contribution is 2.32. The van der Waals surface area contributed by atoms with Crippen molar-refractivity contribution in [2.75, 3.05) is 7.11 Å². The number of hydrogen-bond donors (Lipinski definition) is 2. The molecule has 1 aliphatic carbocycles. The zero-order valence-electron chi connectivity index (χ0n) is 11.3. The Bertz CT molecular complexity index is 449. The Kier molecular flexibility index (Phi) is 5.63. The summed E-state index contributed by atoms with van der Waals surface area (Å²) in [6, 6.07) is 5.65. The van der Waals surface area contributed by atoms with Gasteiger partial charge >= 0.3 is 0 Å². The van der Waals surface area contributed by atoms with E-state index < -0.39 is 6.04 Å². The van der Waals surface area contributed by atoms with E-state index in [1.54, 1.807) is 14.0 Å². The maximum Gasteiger partial charge on any atom is 0.237 e. The van der Waals surface area contributed by atoms with Gasteiger partial charge in [-0.05, 0) is 49.4 Å². The predicted molar refractivity (Wildman–Crippen MR) is 77.7 cm³/mol. The molecule has 19 heavy (non-hydrogen) atoms. The van der Waals surface area contributed by atoms with E-state index in [9.17, 15) is 4.79 Å². The second-order valence-electron chi connectivity index (χ2n) is 4.81. The maximum atomic E-state index is 11.7. The number of amides is 1. The van der Waals surface area contributed by atoms with E-state index in [1.807, 2.05) is 12.1 Å². The monoisotopic (exact) mass is 284 g/mol. The molecule has 0 saturated carbocycles. The molecule has 0 radical (unpaired) electrons. The fourth-order valence-corrected chi connectivity index (χ4v) is 2.37. The molecule has 4 nitrogen and oxygen atoms in total. The molecule has 0 saturated heterocycles. The van der Waals surface area contributed by atoms with Gasteiger partial charge in [-0.15, -0.1) is 12.4 Å².